The van der Waals surface area contributed by atoms with Crippen molar-refractivity contribution in [3.05, 3.63) is 41.3 Å². The number of aryl methyl sites for hydroxylation is 1. The number of hydrogen-bond acceptors (Lipinski definition) is 2. The SMILES string of the molecule is Cc1cnc(C2=[C-]C(F)=C(F)C(F)(F)C2(F)F)cc1N(C)C.[Ir]. The average Bonchev–Trinajstić information content (AvgIpc) is 2.42. The molecule has 0 aliphatic heterocycles. The van der Waals surface area contributed by atoms with Crippen LogP contribution in [0.4, 0.5) is 32.0 Å². The molecule has 1 heterocycles. The van der Waals surface area contributed by atoms with Crippen molar-refractivity contribution in [1.29, 1.82) is 0 Å². The molecule has 0 amide bonds. The molecule has 2 rings (SSSR count). The fourth-order valence-electron chi connectivity index (χ4n) is 2.03. The molecule has 1 aromatic heterocycles. The molecule has 129 valence electrons. The number of anilines is 1. The van der Waals surface area contributed by atoms with Gasteiger partial charge in [-0.15, -0.1) is 6.08 Å². The van der Waals surface area contributed by atoms with Crippen LogP contribution in [-0.2, 0) is 20.1 Å². The second kappa shape index (κ2) is 6.28. The summed E-state index contributed by atoms with van der Waals surface area (Å²) < 4.78 is 80.6. The first-order valence-corrected chi connectivity index (χ1v) is 6.10. The fourth-order valence-corrected chi connectivity index (χ4v) is 2.03. The van der Waals surface area contributed by atoms with Gasteiger partial charge in [-0.1, -0.05) is 11.6 Å². The normalized spacial score (nSPS) is 19.1. The maximum absolute atomic E-state index is 13.8. The van der Waals surface area contributed by atoms with Gasteiger partial charge in [-0.2, -0.15) is 8.78 Å². The van der Waals surface area contributed by atoms with Gasteiger partial charge in [0.2, 0.25) is 0 Å². The molecular weight excluding hydrogens is 502 g/mol. The summed E-state index contributed by atoms with van der Waals surface area (Å²) in [6.45, 7) is 1.64. The Labute approximate surface area is 142 Å². The number of allylic oxidation sites excluding steroid dienone is 4. The van der Waals surface area contributed by atoms with Crippen molar-refractivity contribution in [2.24, 2.45) is 0 Å². The first kappa shape index (κ1) is 19.7. The Balaban J connectivity index is 0.00000264. The van der Waals surface area contributed by atoms with Crippen LogP contribution in [0.5, 0.6) is 0 Å². The van der Waals surface area contributed by atoms with Crippen molar-refractivity contribution in [3.63, 3.8) is 0 Å². The van der Waals surface area contributed by atoms with E-state index in [4.69, 9.17) is 0 Å². The molecule has 0 spiro atoms. The zero-order valence-electron chi connectivity index (χ0n) is 12.2. The minimum Gasteiger partial charge on any atom is -0.378 e. The Morgan fingerprint density at radius 3 is 2.17 bits per heavy atom. The Morgan fingerprint density at radius 2 is 1.65 bits per heavy atom. The standard InChI is InChI=1S/C14H11F6N2.Ir/c1-7-6-21-10(5-11(7)22(2)3)8-4-9(15)12(16)14(19,20)13(8,17)18;/h5-6H,1-3H3;/q-1;. The van der Waals surface area contributed by atoms with Crippen molar-refractivity contribution in [2.75, 3.05) is 19.0 Å². The van der Waals surface area contributed by atoms with E-state index in [1.165, 1.54) is 12.3 Å². The molecule has 0 bridgehead atoms. The molecule has 9 heteroatoms. The van der Waals surface area contributed by atoms with Crippen molar-refractivity contribution < 1.29 is 46.4 Å². The van der Waals surface area contributed by atoms with E-state index < -0.39 is 34.8 Å². The van der Waals surface area contributed by atoms with Gasteiger partial charge in [0.1, 0.15) is 5.83 Å². The number of rotatable bonds is 2. The van der Waals surface area contributed by atoms with Crippen molar-refractivity contribution >= 4 is 11.3 Å². The van der Waals surface area contributed by atoms with Crippen LogP contribution in [0.2, 0.25) is 0 Å². The van der Waals surface area contributed by atoms with Gasteiger partial charge < -0.3 is 9.88 Å². The molecule has 0 fully saturated rings. The quantitative estimate of drug-likeness (QED) is 0.438. The van der Waals surface area contributed by atoms with E-state index in [1.807, 2.05) is 0 Å². The molecule has 1 aliphatic carbocycles. The van der Waals surface area contributed by atoms with Crippen LogP contribution in [0.1, 0.15) is 11.3 Å². The number of nitrogens with zero attached hydrogens (tertiary/aromatic N) is 2. The van der Waals surface area contributed by atoms with Gasteiger partial charge in [0, 0.05) is 51.9 Å². The molecule has 0 saturated heterocycles. The number of halogens is 6. The van der Waals surface area contributed by atoms with Crippen LogP contribution < -0.4 is 4.90 Å². The van der Waals surface area contributed by atoms with E-state index in [0.29, 0.717) is 11.3 Å². The van der Waals surface area contributed by atoms with E-state index in [9.17, 15) is 26.3 Å². The molecule has 23 heavy (non-hydrogen) atoms. The smallest absolute Gasteiger partial charge is 0.324 e. The number of pyridine rings is 1. The van der Waals surface area contributed by atoms with Gasteiger partial charge in [0.15, 0.2) is 0 Å². The van der Waals surface area contributed by atoms with Crippen molar-refractivity contribution in [2.45, 2.75) is 18.8 Å². The van der Waals surface area contributed by atoms with Gasteiger partial charge in [-0.3, -0.25) is 4.39 Å². The Bertz CT molecular complexity index is 682. The van der Waals surface area contributed by atoms with E-state index in [2.05, 4.69) is 4.98 Å². The van der Waals surface area contributed by atoms with Gasteiger partial charge in [0.05, 0.1) is 0 Å². The largest absolute Gasteiger partial charge is 0.378 e. The van der Waals surface area contributed by atoms with Crippen LogP contribution in [-0.4, -0.2) is 30.9 Å². The molecular formula is C14H11F6IrN2-. The maximum Gasteiger partial charge on any atom is 0.324 e. The van der Waals surface area contributed by atoms with Gasteiger partial charge >= 0.3 is 11.8 Å². The van der Waals surface area contributed by atoms with Gasteiger partial charge in [-0.05, 0) is 18.2 Å². The zero-order valence-corrected chi connectivity index (χ0v) is 14.5. The summed E-state index contributed by atoms with van der Waals surface area (Å²) in [5, 5.41) is 0. The monoisotopic (exact) mass is 514 g/mol. The first-order chi connectivity index (χ1) is 10.00. The number of alkyl halides is 4. The molecule has 1 aliphatic rings. The maximum atomic E-state index is 13.8. The van der Waals surface area contributed by atoms with Crippen molar-refractivity contribution in [1.82, 2.24) is 4.98 Å². The summed E-state index contributed by atoms with van der Waals surface area (Å²) in [6.07, 6.45) is 2.54. The van der Waals surface area contributed by atoms with E-state index >= 15 is 0 Å². The van der Waals surface area contributed by atoms with Crippen LogP contribution >= 0.6 is 0 Å². The summed E-state index contributed by atoms with van der Waals surface area (Å²) in [5.41, 5.74) is -1.06. The van der Waals surface area contributed by atoms with Gasteiger partial charge in [-0.25, -0.2) is 13.2 Å². The predicted molar refractivity (Wildman–Crippen MR) is 69.1 cm³/mol. The summed E-state index contributed by atoms with van der Waals surface area (Å²) in [7, 11) is 3.22. The predicted octanol–water partition coefficient (Wildman–Crippen LogP) is 4.07. The van der Waals surface area contributed by atoms with Crippen LogP contribution in [0.25, 0.3) is 5.57 Å². The second-order valence-electron chi connectivity index (χ2n) is 5.03. The summed E-state index contributed by atoms with van der Waals surface area (Å²) in [4.78, 5) is 5.16. The minimum absolute atomic E-state index is 0. The fraction of sp³-hybridized carbons (Fsp3) is 0.357. The third-order valence-corrected chi connectivity index (χ3v) is 3.22. The molecule has 0 saturated carbocycles. The molecule has 1 radical (unpaired) electrons. The topological polar surface area (TPSA) is 16.1 Å². The second-order valence-corrected chi connectivity index (χ2v) is 5.03. The van der Waals surface area contributed by atoms with E-state index in [-0.39, 0.29) is 20.1 Å². The van der Waals surface area contributed by atoms with Crippen molar-refractivity contribution in [3.8, 4) is 0 Å². The van der Waals surface area contributed by atoms with Crippen LogP contribution in [0, 0.1) is 13.0 Å². The zero-order chi connectivity index (χ0) is 16.9. The summed E-state index contributed by atoms with van der Waals surface area (Å²) in [6, 6.07) is 1.10. The molecule has 0 aromatic carbocycles. The number of hydrogen-bond donors (Lipinski definition) is 0. The van der Waals surface area contributed by atoms with Crippen LogP contribution in [0.15, 0.2) is 23.9 Å². The van der Waals surface area contributed by atoms with E-state index in [1.54, 1.807) is 25.9 Å². The average molecular weight is 513 g/mol. The molecule has 2 nitrogen and oxygen atoms in total. The molecule has 0 unspecified atom stereocenters. The Hall–Kier alpha value is -1.34. The summed E-state index contributed by atoms with van der Waals surface area (Å²) in [5.74, 6) is -15.2. The Morgan fingerprint density at radius 1 is 1.09 bits per heavy atom. The third-order valence-electron chi connectivity index (χ3n) is 3.22. The first-order valence-electron chi connectivity index (χ1n) is 6.10. The van der Waals surface area contributed by atoms with Gasteiger partial charge in [0.25, 0.3) is 0 Å². The van der Waals surface area contributed by atoms with Crippen LogP contribution in [0.3, 0.4) is 0 Å². The van der Waals surface area contributed by atoms with E-state index in [0.717, 1.165) is 6.07 Å². The third kappa shape index (κ3) is 3.04. The molecule has 0 atom stereocenters. The number of aromatic nitrogens is 1. The Kier molecular flexibility index (Phi) is 5.38. The molecule has 1 aromatic rings. The minimum atomic E-state index is -5.29. The molecule has 0 N–H and O–H groups in total. The summed E-state index contributed by atoms with van der Waals surface area (Å²) >= 11 is 0.